The van der Waals surface area contributed by atoms with Gasteiger partial charge in [0.05, 0.1) is 28.2 Å². The normalized spacial score (nSPS) is 11.3. The summed E-state index contributed by atoms with van der Waals surface area (Å²) in [7, 11) is 0. The van der Waals surface area contributed by atoms with Crippen LogP contribution < -0.4 is 0 Å². The Hall–Kier alpha value is -5.92. The lowest BCUT2D eigenvalue weighted by Crippen LogP contribution is -1.91. The van der Waals surface area contributed by atoms with Crippen LogP contribution in [-0.2, 0) is 0 Å². The molecule has 0 N–H and O–H groups in total. The topological polar surface area (TPSA) is 49.6 Å². The molecule has 0 aliphatic rings. The fraction of sp³-hybridized carbons (Fsp3) is 0. The van der Waals surface area contributed by atoms with E-state index in [1.54, 1.807) is 12.3 Å². The summed E-state index contributed by atoms with van der Waals surface area (Å²) < 4.78 is 13.9. The minimum Gasteiger partial charge on any atom is -0.254 e. The third-order valence-electron chi connectivity index (χ3n) is 8.19. The van der Waals surface area contributed by atoms with Gasteiger partial charge >= 0.3 is 0 Å². The van der Waals surface area contributed by atoms with Crippen LogP contribution in [-0.4, -0.2) is 9.97 Å². The summed E-state index contributed by atoms with van der Waals surface area (Å²) in [5.41, 5.74) is 9.51. The van der Waals surface area contributed by atoms with Crippen LogP contribution in [0, 0.1) is 17.1 Å². The first-order valence-electron chi connectivity index (χ1n) is 14.1. The Bertz CT molecular complexity index is 2400. The zero-order chi connectivity index (χ0) is 28.9. The van der Waals surface area contributed by atoms with Crippen LogP contribution in [0.1, 0.15) is 5.56 Å². The molecule has 8 rings (SSSR count). The molecule has 0 aliphatic carbocycles. The second-order valence-corrected chi connectivity index (χ2v) is 10.7. The van der Waals surface area contributed by atoms with Gasteiger partial charge in [0.25, 0.3) is 0 Å². The van der Waals surface area contributed by atoms with Crippen molar-refractivity contribution in [1.82, 2.24) is 9.97 Å². The molecule has 6 aromatic carbocycles. The summed E-state index contributed by atoms with van der Waals surface area (Å²) in [5.74, 6) is -0.301. The lowest BCUT2D eigenvalue weighted by molar-refractivity contribution is 0.629. The van der Waals surface area contributed by atoms with Gasteiger partial charge in [-0.05, 0) is 86.6 Å². The van der Waals surface area contributed by atoms with Gasteiger partial charge in [-0.3, -0.25) is 4.98 Å². The van der Waals surface area contributed by atoms with Crippen LogP contribution in [0.15, 0.2) is 134 Å². The second kappa shape index (κ2) is 9.87. The van der Waals surface area contributed by atoms with E-state index in [1.807, 2.05) is 30.3 Å². The number of nitrogens with zero attached hydrogens (tertiary/aromatic N) is 3. The largest absolute Gasteiger partial charge is 0.254 e. The minimum atomic E-state index is -0.301. The summed E-state index contributed by atoms with van der Waals surface area (Å²) in [6.07, 6.45) is 1.78. The average Bonchev–Trinajstić information content (AvgIpc) is 3.07. The SMILES string of the molecule is N#Cc1ccc(-c2ccc(-c3ccc(-c4cc5cc6ccc(F)cc6nc5c5ncccc45)cc3)c3ccccc23)cc1. The van der Waals surface area contributed by atoms with E-state index >= 15 is 0 Å². The van der Waals surface area contributed by atoms with Crippen LogP contribution in [0.4, 0.5) is 4.39 Å². The van der Waals surface area contributed by atoms with Crippen molar-refractivity contribution in [1.29, 1.82) is 5.26 Å². The van der Waals surface area contributed by atoms with Crippen molar-refractivity contribution < 1.29 is 4.39 Å². The van der Waals surface area contributed by atoms with E-state index in [2.05, 4.69) is 84.9 Å². The minimum absolute atomic E-state index is 0.301. The van der Waals surface area contributed by atoms with Crippen LogP contribution in [0.5, 0.6) is 0 Å². The highest BCUT2D eigenvalue weighted by Crippen LogP contribution is 2.38. The molecule has 0 radical (unpaired) electrons. The van der Waals surface area contributed by atoms with Crippen molar-refractivity contribution in [3.05, 3.63) is 145 Å². The lowest BCUT2D eigenvalue weighted by Gasteiger charge is -2.14. The van der Waals surface area contributed by atoms with Gasteiger partial charge in [-0.1, -0.05) is 78.9 Å². The molecule has 0 aliphatic heterocycles. The van der Waals surface area contributed by atoms with Gasteiger partial charge < -0.3 is 0 Å². The van der Waals surface area contributed by atoms with Crippen LogP contribution in [0.3, 0.4) is 0 Å². The van der Waals surface area contributed by atoms with Crippen molar-refractivity contribution in [3.63, 3.8) is 0 Å². The highest BCUT2D eigenvalue weighted by atomic mass is 19.1. The van der Waals surface area contributed by atoms with Gasteiger partial charge in [0, 0.05) is 28.4 Å². The monoisotopic (exact) mass is 551 g/mol. The van der Waals surface area contributed by atoms with E-state index in [-0.39, 0.29) is 5.82 Å². The Morgan fingerprint density at radius 3 is 1.84 bits per heavy atom. The van der Waals surface area contributed by atoms with Crippen LogP contribution >= 0.6 is 0 Å². The Morgan fingerprint density at radius 1 is 0.535 bits per heavy atom. The van der Waals surface area contributed by atoms with E-state index < -0.39 is 0 Å². The maximum atomic E-state index is 13.9. The molecule has 0 spiro atoms. The molecule has 43 heavy (non-hydrogen) atoms. The number of fused-ring (bicyclic) bond motifs is 5. The number of hydrogen-bond donors (Lipinski definition) is 0. The predicted octanol–water partition coefficient (Wildman–Crippen LogP) is 10.1. The third kappa shape index (κ3) is 4.18. The Kier molecular flexibility index (Phi) is 5.70. The Labute approximate surface area is 247 Å². The lowest BCUT2D eigenvalue weighted by atomic mass is 9.91. The van der Waals surface area contributed by atoms with Crippen molar-refractivity contribution >= 4 is 43.5 Å². The van der Waals surface area contributed by atoms with E-state index in [4.69, 9.17) is 9.97 Å². The van der Waals surface area contributed by atoms with E-state index in [1.165, 1.54) is 22.9 Å². The zero-order valence-corrected chi connectivity index (χ0v) is 22.9. The highest BCUT2D eigenvalue weighted by molar-refractivity contribution is 6.12. The number of halogens is 1. The summed E-state index contributed by atoms with van der Waals surface area (Å²) in [5, 5.41) is 14.4. The maximum absolute atomic E-state index is 13.9. The number of aromatic nitrogens is 2. The first kappa shape index (κ1) is 24.8. The van der Waals surface area contributed by atoms with Crippen LogP contribution in [0.25, 0.3) is 76.9 Å². The van der Waals surface area contributed by atoms with Gasteiger partial charge in [-0.2, -0.15) is 5.26 Å². The number of hydrogen-bond acceptors (Lipinski definition) is 3. The standard InChI is InChI=1S/C39H22FN3/c40-30-16-15-28-20-29-21-36(35-6-3-19-42-39(35)38(29)43-37(28)22-30)27-13-11-26(12-14-27)32-18-17-31(33-4-1-2-5-34(32)33)25-9-7-24(23-41)8-10-25/h1-22H. The first-order chi connectivity index (χ1) is 21.2. The van der Waals surface area contributed by atoms with Gasteiger partial charge in [-0.15, -0.1) is 0 Å². The van der Waals surface area contributed by atoms with E-state index in [9.17, 15) is 9.65 Å². The molecule has 0 unspecified atom stereocenters. The molecule has 3 nitrogen and oxygen atoms in total. The smallest absolute Gasteiger partial charge is 0.125 e. The van der Waals surface area contributed by atoms with Gasteiger partial charge in [0.1, 0.15) is 5.82 Å². The Morgan fingerprint density at radius 2 is 1.16 bits per heavy atom. The molecular formula is C39H22FN3. The van der Waals surface area contributed by atoms with Crippen LogP contribution in [0.2, 0.25) is 0 Å². The van der Waals surface area contributed by atoms with Crippen molar-refractivity contribution in [2.75, 3.05) is 0 Å². The summed E-state index contributed by atoms with van der Waals surface area (Å²) in [6.45, 7) is 0. The predicted molar refractivity (Wildman–Crippen MR) is 173 cm³/mol. The van der Waals surface area contributed by atoms with Gasteiger partial charge in [0.15, 0.2) is 0 Å². The van der Waals surface area contributed by atoms with E-state index in [0.717, 1.165) is 60.6 Å². The summed E-state index contributed by atoms with van der Waals surface area (Å²) in [4.78, 5) is 9.50. The molecule has 2 aromatic heterocycles. The van der Waals surface area contributed by atoms with Crippen molar-refractivity contribution in [3.8, 4) is 39.4 Å². The van der Waals surface area contributed by atoms with Crippen molar-refractivity contribution in [2.45, 2.75) is 0 Å². The third-order valence-corrected chi connectivity index (χ3v) is 8.19. The average molecular weight is 552 g/mol. The maximum Gasteiger partial charge on any atom is 0.125 e. The zero-order valence-electron chi connectivity index (χ0n) is 22.9. The van der Waals surface area contributed by atoms with Crippen molar-refractivity contribution in [2.24, 2.45) is 0 Å². The quantitative estimate of drug-likeness (QED) is 0.162. The number of nitriles is 1. The molecule has 0 saturated heterocycles. The number of pyridine rings is 2. The first-order valence-corrected chi connectivity index (χ1v) is 14.1. The molecule has 0 saturated carbocycles. The highest BCUT2D eigenvalue weighted by Gasteiger charge is 2.14. The molecule has 200 valence electrons. The van der Waals surface area contributed by atoms with Gasteiger partial charge in [-0.25, -0.2) is 9.37 Å². The second-order valence-electron chi connectivity index (χ2n) is 10.7. The fourth-order valence-corrected chi connectivity index (χ4v) is 6.10. The molecule has 8 aromatic rings. The molecule has 4 heteroatoms. The summed E-state index contributed by atoms with van der Waals surface area (Å²) in [6, 6.07) is 44.3. The fourth-order valence-electron chi connectivity index (χ4n) is 6.10. The molecule has 2 heterocycles. The molecule has 0 amide bonds. The summed E-state index contributed by atoms with van der Waals surface area (Å²) >= 11 is 0. The van der Waals surface area contributed by atoms with Gasteiger partial charge in [0.2, 0.25) is 0 Å². The number of rotatable bonds is 3. The molecule has 0 atom stereocenters. The molecule has 0 fully saturated rings. The Balaban J connectivity index is 1.25. The molecule has 0 bridgehead atoms. The van der Waals surface area contributed by atoms with E-state index in [0.29, 0.717) is 11.1 Å². The molecular weight excluding hydrogens is 529 g/mol. The number of benzene rings is 6.